The highest BCUT2D eigenvalue weighted by Crippen LogP contribution is 2.16. The SMILES string of the molecule is COc1cccc(/C=c2/sc3nc4ccccc4n3c2=O)c1. The van der Waals surface area contributed by atoms with Gasteiger partial charge in [-0.3, -0.25) is 4.79 Å². The van der Waals surface area contributed by atoms with Gasteiger partial charge in [-0.25, -0.2) is 9.38 Å². The highest BCUT2D eigenvalue weighted by Gasteiger charge is 2.10. The Bertz CT molecular complexity index is 1090. The van der Waals surface area contributed by atoms with E-state index in [-0.39, 0.29) is 5.56 Å². The predicted octanol–water partition coefficient (Wildman–Crippen LogP) is 2.47. The van der Waals surface area contributed by atoms with Crippen LogP contribution in [0, 0.1) is 0 Å². The molecule has 0 fully saturated rings. The fourth-order valence-corrected chi connectivity index (χ4v) is 3.48. The molecular weight excluding hydrogens is 296 g/mol. The van der Waals surface area contributed by atoms with E-state index < -0.39 is 0 Å². The van der Waals surface area contributed by atoms with Crippen LogP contribution in [-0.2, 0) is 0 Å². The topological polar surface area (TPSA) is 43.6 Å². The molecule has 0 N–H and O–H groups in total. The highest BCUT2D eigenvalue weighted by molar-refractivity contribution is 7.15. The molecule has 2 heterocycles. The minimum atomic E-state index is -0.0310. The van der Waals surface area contributed by atoms with Crippen molar-refractivity contribution in [2.45, 2.75) is 0 Å². The zero-order chi connectivity index (χ0) is 15.1. The van der Waals surface area contributed by atoms with E-state index in [0.29, 0.717) is 4.53 Å². The van der Waals surface area contributed by atoms with Crippen molar-refractivity contribution in [3.8, 4) is 5.75 Å². The van der Waals surface area contributed by atoms with Gasteiger partial charge >= 0.3 is 0 Å². The van der Waals surface area contributed by atoms with Gasteiger partial charge in [-0.1, -0.05) is 35.6 Å². The summed E-state index contributed by atoms with van der Waals surface area (Å²) in [4.78, 5) is 17.9. The van der Waals surface area contributed by atoms with E-state index in [4.69, 9.17) is 4.74 Å². The van der Waals surface area contributed by atoms with Crippen LogP contribution in [0.2, 0.25) is 0 Å². The first-order valence-electron chi connectivity index (χ1n) is 6.82. The van der Waals surface area contributed by atoms with E-state index in [1.165, 1.54) is 11.3 Å². The molecule has 0 aliphatic carbocycles. The second-order valence-corrected chi connectivity index (χ2v) is 5.92. The molecule has 0 unspecified atom stereocenters. The maximum atomic E-state index is 12.6. The molecule has 0 bridgehead atoms. The largest absolute Gasteiger partial charge is 0.497 e. The van der Waals surface area contributed by atoms with Gasteiger partial charge in [0.25, 0.3) is 5.56 Å². The van der Waals surface area contributed by atoms with Crippen molar-refractivity contribution in [1.82, 2.24) is 9.38 Å². The van der Waals surface area contributed by atoms with Gasteiger partial charge in [-0.05, 0) is 35.9 Å². The summed E-state index contributed by atoms with van der Waals surface area (Å²) < 4.78 is 7.55. The predicted molar refractivity (Wildman–Crippen MR) is 88.6 cm³/mol. The van der Waals surface area contributed by atoms with Crippen molar-refractivity contribution < 1.29 is 4.74 Å². The zero-order valence-corrected chi connectivity index (χ0v) is 12.6. The second kappa shape index (κ2) is 4.96. The number of fused-ring (bicyclic) bond motifs is 3. The van der Waals surface area contributed by atoms with E-state index >= 15 is 0 Å². The summed E-state index contributed by atoms with van der Waals surface area (Å²) in [5.41, 5.74) is 2.60. The summed E-state index contributed by atoms with van der Waals surface area (Å²) in [5, 5.41) is 0. The molecule has 0 spiro atoms. The summed E-state index contributed by atoms with van der Waals surface area (Å²) in [6.45, 7) is 0. The van der Waals surface area contributed by atoms with Crippen molar-refractivity contribution in [3.05, 3.63) is 69.0 Å². The smallest absolute Gasteiger partial charge is 0.274 e. The van der Waals surface area contributed by atoms with Gasteiger partial charge in [0.1, 0.15) is 5.75 Å². The second-order valence-electron chi connectivity index (χ2n) is 4.91. The summed E-state index contributed by atoms with van der Waals surface area (Å²) in [6, 6.07) is 15.3. The van der Waals surface area contributed by atoms with Crippen LogP contribution in [0.1, 0.15) is 5.56 Å². The Morgan fingerprint density at radius 3 is 2.91 bits per heavy atom. The third-order valence-corrected chi connectivity index (χ3v) is 4.51. The number of benzene rings is 2. The Balaban J connectivity index is 1.97. The van der Waals surface area contributed by atoms with Gasteiger partial charge in [0.15, 0.2) is 4.96 Å². The Hall–Kier alpha value is -2.66. The van der Waals surface area contributed by atoms with Crippen LogP contribution in [0.15, 0.2) is 53.3 Å². The number of ether oxygens (including phenoxy) is 1. The zero-order valence-electron chi connectivity index (χ0n) is 11.8. The van der Waals surface area contributed by atoms with Crippen LogP contribution >= 0.6 is 11.3 Å². The summed E-state index contributed by atoms with van der Waals surface area (Å²) >= 11 is 1.40. The monoisotopic (exact) mass is 308 g/mol. The number of nitrogens with zero attached hydrogens (tertiary/aromatic N) is 2. The number of para-hydroxylation sites is 2. The van der Waals surface area contributed by atoms with Gasteiger partial charge in [0, 0.05) is 0 Å². The molecule has 0 aliphatic heterocycles. The number of aromatic nitrogens is 2. The molecule has 22 heavy (non-hydrogen) atoms. The van der Waals surface area contributed by atoms with Crippen molar-refractivity contribution >= 4 is 33.4 Å². The van der Waals surface area contributed by atoms with Crippen LogP contribution in [0.5, 0.6) is 5.75 Å². The molecule has 0 saturated heterocycles. The summed E-state index contributed by atoms with van der Waals surface area (Å²) in [6.07, 6.45) is 1.87. The quantitative estimate of drug-likeness (QED) is 0.571. The first kappa shape index (κ1) is 13.0. The average Bonchev–Trinajstić information content (AvgIpc) is 3.05. The van der Waals surface area contributed by atoms with Crippen LogP contribution in [0.25, 0.3) is 22.1 Å². The molecule has 2 aromatic carbocycles. The molecule has 0 aliphatic rings. The Morgan fingerprint density at radius 1 is 1.18 bits per heavy atom. The Kier molecular flexibility index (Phi) is 2.94. The van der Waals surface area contributed by atoms with Crippen molar-refractivity contribution in [2.75, 3.05) is 7.11 Å². The molecule has 0 amide bonds. The van der Waals surface area contributed by atoms with Gasteiger partial charge in [0.2, 0.25) is 0 Å². The maximum Gasteiger partial charge on any atom is 0.274 e. The van der Waals surface area contributed by atoms with Crippen LogP contribution in [-0.4, -0.2) is 16.5 Å². The number of hydrogen-bond donors (Lipinski definition) is 0. The number of thiazole rings is 1. The molecule has 4 aromatic rings. The van der Waals surface area contributed by atoms with E-state index in [1.54, 1.807) is 11.5 Å². The van der Waals surface area contributed by atoms with Crippen molar-refractivity contribution in [3.63, 3.8) is 0 Å². The van der Waals surface area contributed by atoms with Gasteiger partial charge in [-0.2, -0.15) is 0 Å². The molecule has 5 heteroatoms. The van der Waals surface area contributed by atoms with E-state index in [0.717, 1.165) is 27.3 Å². The maximum absolute atomic E-state index is 12.6. The van der Waals surface area contributed by atoms with Gasteiger partial charge in [0.05, 0.1) is 22.7 Å². The molecular formula is C17H12N2O2S. The summed E-state index contributed by atoms with van der Waals surface area (Å²) in [7, 11) is 1.63. The molecule has 108 valence electrons. The van der Waals surface area contributed by atoms with Crippen molar-refractivity contribution in [2.24, 2.45) is 0 Å². The van der Waals surface area contributed by atoms with Crippen LogP contribution < -0.4 is 14.8 Å². The normalized spacial score (nSPS) is 12.3. The first-order valence-corrected chi connectivity index (χ1v) is 7.64. The fourth-order valence-electron chi connectivity index (χ4n) is 2.49. The Morgan fingerprint density at radius 2 is 2.05 bits per heavy atom. The lowest BCUT2D eigenvalue weighted by molar-refractivity contribution is 0.414. The van der Waals surface area contributed by atoms with E-state index in [2.05, 4.69) is 4.98 Å². The van der Waals surface area contributed by atoms with E-state index in [9.17, 15) is 4.79 Å². The molecule has 4 rings (SSSR count). The third kappa shape index (κ3) is 1.98. The minimum absolute atomic E-state index is 0.0310. The number of rotatable bonds is 2. The third-order valence-electron chi connectivity index (χ3n) is 3.54. The molecule has 0 radical (unpaired) electrons. The van der Waals surface area contributed by atoms with Gasteiger partial charge < -0.3 is 4.74 Å². The molecule has 0 saturated carbocycles. The van der Waals surface area contributed by atoms with E-state index in [1.807, 2.05) is 54.6 Å². The minimum Gasteiger partial charge on any atom is -0.497 e. The molecule has 0 atom stereocenters. The number of imidazole rings is 1. The standard InChI is InChI=1S/C17H12N2O2S/c1-21-12-6-4-5-11(9-12)10-15-16(20)19-14-8-3-2-7-13(14)18-17(19)22-15/h2-10H,1H3/b15-10+. The number of methoxy groups -OCH3 is 1. The van der Waals surface area contributed by atoms with Crippen LogP contribution in [0.3, 0.4) is 0 Å². The summed E-state index contributed by atoms with van der Waals surface area (Å²) in [5.74, 6) is 0.771. The molecule has 4 nitrogen and oxygen atoms in total. The van der Waals surface area contributed by atoms with Crippen LogP contribution in [0.4, 0.5) is 0 Å². The van der Waals surface area contributed by atoms with Gasteiger partial charge in [-0.15, -0.1) is 0 Å². The number of hydrogen-bond acceptors (Lipinski definition) is 4. The average molecular weight is 308 g/mol. The lowest BCUT2D eigenvalue weighted by Gasteiger charge is -1.99. The lowest BCUT2D eigenvalue weighted by atomic mass is 10.2. The highest BCUT2D eigenvalue weighted by atomic mass is 32.1. The lowest BCUT2D eigenvalue weighted by Crippen LogP contribution is -2.22. The Labute approximate surface area is 129 Å². The fraction of sp³-hybridized carbons (Fsp3) is 0.0588. The molecule has 2 aromatic heterocycles. The first-order chi connectivity index (χ1) is 10.8. The van der Waals surface area contributed by atoms with Crippen molar-refractivity contribution in [1.29, 1.82) is 0 Å².